The molecule has 0 radical (unpaired) electrons. The van der Waals surface area contributed by atoms with Crippen molar-refractivity contribution in [1.82, 2.24) is 25.2 Å². The Morgan fingerprint density at radius 2 is 1.81 bits per heavy atom. The van der Waals surface area contributed by atoms with Crippen molar-refractivity contribution in [3.05, 3.63) is 72.2 Å². The highest BCUT2D eigenvalue weighted by molar-refractivity contribution is 6.11. The maximum atomic E-state index is 15.2. The monoisotopic (exact) mass is 597 g/mol. The van der Waals surface area contributed by atoms with E-state index < -0.39 is 41.9 Å². The van der Waals surface area contributed by atoms with Crippen LogP contribution in [0.2, 0.25) is 0 Å². The third kappa shape index (κ3) is 6.62. The maximum Gasteiger partial charge on any atom is 0.405 e. The molecule has 0 saturated heterocycles. The van der Waals surface area contributed by atoms with E-state index in [4.69, 9.17) is 5.73 Å². The smallest absolute Gasteiger partial charge is 0.383 e. The zero-order valence-electron chi connectivity index (χ0n) is 22.8. The number of nitrogens with two attached hydrogens (primary N) is 1. The van der Waals surface area contributed by atoms with Crippen molar-refractivity contribution in [2.75, 3.05) is 31.2 Å². The van der Waals surface area contributed by atoms with Crippen LogP contribution in [0.1, 0.15) is 16.1 Å². The Balaban J connectivity index is 1.92. The molecule has 1 aromatic carbocycles. The van der Waals surface area contributed by atoms with E-state index >= 15 is 4.39 Å². The number of hydrogen-bond acceptors (Lipinski definition) is 6. The van der Waals surface area contributed by atoms with Crippen molar-refractivity contribution in [3.63, 3.8) is 0 Å². The van der Waals surface area contributed by atoms with Gasteiger partial charge in [-0.2, -0.15) is 13.2 Å². The van der Waals surface area contributed by atoms with Crippen molar-refractivity contribution < 1.29 is 31.5 Å². The summed E-state index contributed by atoms with van der Waals surface area (Å²) in [5.41, 5.74) is 8.33. The minimum atomic E-state index is -4.69. The molecule has 0 aliphatic carbocycles. The van der Waals surface area contributed by atoms with Crippen molar-refractivity contribution in [3.8, 4) is 34.2 Å². The van der Waals surface area contributed by atoms with Crippen LogP contribution in [0.25, 0.3) is 33.3 Å². The van der Waals surface area contributed by atoms with Gasteiger partial charge in [0.05, 0.1) is 28.7 Å². The molecule has 4 aromatic rings. The quantitative estimate of drug-likeness (QED) is 0.143. The normalized spacial score (nSPS) is 11.1. The zero-order valence-corrected chi connectivity index (χ0v) is 22.8. The van der Waals surface area contributed by atoms with Crippen LogP contribution < -0.4 is 21.7 Å². The number of aryl methyl sites for hydroxylation is 1. The number of alkyl halides is 3. The number of nitrogens with one attached hydrogen (secondary N) is 3. The van der Waals surface area contributed by atoms with E-state index in [2.05, 4.69) is 39.0 Å². The highest BCUT2D eigenvalue weighted by Gasteiger charge is 2.29. The highest BCUT2D eigenvalue weighted by Crippen LogP contribution is 2.43. The number of fused-ring (bicyclic) bond motifs is 1. The van der Waals surface area contributed by atoms with Crippen molar-refractivity contribution >= 4 is 34.2 Å². The van der Waals surface area contributed by atoms with Gasteiger partial charge in [-0.1, -0.05) is 30.6 Å². The minimum Gasteiger partial charge on any atom is -0.383 e. The van der Waals surface area contributed by atoms with E-state index in [0.29, 0.717) is 39.8 Å². The first-order valence-corrected chi connectivity index (χ1v) is 12.5. The molecular weight excluding hydrogens is 573 g/mol. The van der Waals surface area contributed by atoms with Crippen LogP contribution in [0.4, 0.5) is 33.5 Å². The van der Waals surface area contributed by atoms with E-state index in [-0.39, 0.29) is 17.1 Å². The Bertz CT molecular complexity index is 1800. The van der Waals surface area contributed by atoms with Gasteiger partial charge < -0.3 is 26.3 Å². The van der Waals surface area contributed by atoms with Gasteiger partial charge >= 0.3 is 6.18 Å². The molecule has 43 heavy (non-hydrogen) atoms. The summed E-state index contributed by atoms with van der Waals surface area (Å²) in [5.74, 6) is 1.37. The van der Waals surface area contributed by atoms with Crippen LogP contribution >= 0.6 is 0 Å². The lowest BCUT2D eigenvalue weighted by atomic mass is 9.98. The lowest BCUT2D eigenvalue weighted by Crippen LogP contribution is -2.34. The zero-order chi connectivity index (χ0) is 31.5. The number of amides is 2. The van der Waals surface area contributed by atoms with Gasteiger partial charge in [-0.15, -0.1) is 0 Å². The molecule has 0 aliphatic rings. The second-order valence-corrected chi connectivity index (χ2v) is 9.18. The van der Waals surface area contributed by atoms with Crippen LogP contribution in [0.3, 0.4) is 0 Å². The van der Waals surface area contributed by atoms with Crippen molar-refractivity contribution in [2.24, 2.45) is 7.05 Å². The minimum absolute atomic E-state index is 0.0729. The van der Waals surface area contributed by atoms with Gasteiger partial charge in [-0.05, 0) is 30.8 Å². The summed E-state index contributed by atoms with van der Waals surface area (Å²) in [7, 11) is 3.45. The van der Waals surface area contributed by atoms with Crippen LogP contribution in [0.15, 0.2) is 55.1 Å². The van der Waals surface area contributed by atoms with Gasteiger partial charge in [0.25, 0.3) is 11.8 Å². The first-order valence-electron chi connectivity index (χ1n) is 12.5. The number of benzene rings is 1. The van der Waals surface area contributed by atoms with Gasteiger partial charge in [0.15, 0.2) is 17.3 Å². The van der Waals surface area contributed by atoms with E-state index in [1.54, 1.807) is 36.1 Å². The Hall–Kier alpha value is -5.29. The summed E-state index contributed by atoms with van der Waals surface area (Å²) in [5, 5.41) is 7.25. The Kier molecular flexibility index (Phi) is 8.77. The molecule has 5 N–H and O–H groups in total. The molecule has 0 bridgehead atoms. The molecule has 3 heterocycles. The van der Waals surface area contributed by atoms with Crippen LogP contribution in [-0.2, 0) is 11.8 Å². The molecule has 3 aromatic heterocycles. The SMILES string of the molecule is C=C(F)C(=O)Nc1ccc(-c2c(-c3cnc(C(=O)NCC(F)(F)F)c(F)c3)c3c(N)ncc(C#CCNC)c3n2C)cc1. The number of halogens is 5. The maximum absolute atomic E-state index is 15.2. The molecule has 14 heteroatoms. The van der Waals surface area contributed by atoms with E-state index in [1.807, 2.05) is 0 Å². The van der Waals surface area contributed by atoms with Gasteiger partial charge in [-0.3, -0.25) is 9.59 Å². The first-order chi connectivity index (χ1) is 20.3. The number of hydrogen-bond donors (Lipinski definition) is 4. The van der Waals surface area contributed by atoms with Gasteiger partial charge in [0.2, 0.25) is 0 Å². The number of carbonyl (C=O) groups excluding carboxylic acids is 2. The second kappa shape index (κ2) is 12.3. The lowest BCUT2D eigenvalue weighted by molar-refractivity contribution is -0.123. The fraction of sp³-hybridized carbons (Fsp3) is 0.172. The fourth-order valence-electron chi connectivity index (χ4n) is 4.36. The molecule has 0 spiro atoms. The third-order valence-corrected chi connectivity index (χ3v) is 6.18. The Morgan fingerprint density at radius 3 is 2.42 bits per heavy atom. The van der Waals surface area contributed by atoms with E-state index in [0.717, 1.165) is 12.3 Å². The molecule has 0 unspecified atom stereocenters. The molecule has 0 saturated carbocycles. The average molecular weight is 598 g/mol. The number of pyridine rings is 2. The molecule has 222 valence electrons. The number of carbonyl (C=O) groups is 2. The number of nitrogen functional groups attached to an aromatic ring is 1. The van der Waals surface area contributed by atoms with Gasteiger partial charge in [0, 0.05) is 36.3 Å². The number of anilines is 2. The molecular formula is C29H24F5N7O2. The summed E-state index contributed by atoms with van der Waals surface area (Å²) in [6.07, 6.45) is -2.06. The van der Waals surface area contributed by atoms with Crippen LogP contribution in [-0.4, -0.2) is 52.7 Å². The van der Waals surface area contributed by atoms with Crippen molar-refractivity contribution in [2.45, 2.75) is 6.18 Å². The molecule has 2 amide bonds. The summed E-state index contributed by atoms with van der Waals surface area (Å²) in [4.78, 5) is 32.0. The molecule has 0 fully saturated rings. The van der Waals surface area contributed by atoms with E-state index in [9.17, 15) is 27.2 Å². The average Bonchev–Trinajstić information content (AvgIpc) is 3.26. The standard InChI is InChI=1S/C29H24F5N7O2/c1-15(30)27(42)40-19-8-6-16(7-9-19)24-21(18-11-20(31)23(37-13-18)28(43)39-14-29(32,33)34)22-25(41(24)3)17(5-4-10-36-2)12-38-26(22)35/h6-9,11-13,36H,1,10,14H2,2-3H3,(H2,35,38)(H,39,43)(H,40,42). The number of aromatic nitrogens is 3. The third-order valence-electron chi connectivity index (χ3n) is 6.18. The van der Waals surface area contributed by atoms with E-state index in [1.165, 1.54) is 18.3 Å². The Morgan fingerprint density at radius 1 is 1.12 bits per heavy atom. The summed E-state index contributed by atoms with van der Waals surface area (Å²) >= 11 is 0. The van der Waals surface area contributed by atoms with Gasteiger partial charge in [-0.25, -0.2) is 18.7 Å². The molecule has 0 aliphatic heterocycles. The summed E-state index contributed by atoms with van der Waals surface area (Å²) in [6.45, 7) is 1.68. The lowest BCUT2D eigenvalue weighted by Gasteiger charge is -2.12. The molecule has 0 atom stereocenters. The summed E-state index contributed by atoms with van der Waals surface area (Å²) in [6, 6.07) is 7.23. The highest BCUT2D eigenvalue weighted by atomic mass is 19.4. The second-order valence-electron chi connectivity index (χ2n) is 9.18. The predicted molar refractivity (Wildman–Crippen MR) is 152 cm³/mol. The van der Waals surface area contributed by atoms with Crippen molar-refractivity contribution in [1.29, 1.82) is 0 Å². The summed E-state index contributed by atoms with van der Waals surface area (Å²) < 4.78 is 67.8. The first kappa shape index (κ1) is 30.7. The number of nitrogens with zero attached hydrogens (tertiary/aromatic N) is 3. The molecule has 9 nitrogen and oxygen atoms in total. The Labute approximate surface area is 242 Å². The molecule has 4 rings (SSSR count). The largest absolute Gasteiger partial charge is 0.405 e. The fourth-order valence-corrected chi connectivity index (χ4v) is 4.36. The van der Waals surface area contributed by atoms with Gasteiger partial charge in [0.1, 0.15) is 12.4 Å². The topological polar surface area (TPSA) is 127 Å². The number of rotatable bonds is 7. The van der Waals surface area contributed by atoms with Crippen LogP contribution in [0, 0.1) is 17.7 Å². The predicted octanol–water partition coefficient (Wildman–Crippen LogP) is 4.31. The van der Waals surface area contributed by atoms with Crippen LogP contribution in [0.5, 0.6) is 0 Å².